The quantitative estimate of drug-likeness (QED) is 0.937. The second-order valence-electron chi connectivity index (χ2n) is 5.22. The third-order valence-corrected chi connectivity index (χ3v) is 3.77. The number of rotatable bonds is 3. The molecule has 1 aliphatic rings. The molecule has 2 aromatic carbocycles. The molecule has 0 amide bonds. The lowest BCUT2D eigenvalue weighted by atomic mass is 10.2. The molecule has 3 rings (SSSR count). The van der Waals surface area contributed by atoms with Crippen molar-refractivity contribution in [2.75, 3.05) is 23.3 Å². The lowest BCUT2D eigenvalue weighted by Crippen LogP contribution is -2.26. The minimum atomic E-state index is -0.368. The fourth-order valence-electron chi connectivity index (χ4n) is 2.67. The van der Waals surface area contributed by atoms with Crippen LogP contribution in [0.15, 0.2) is 48.5 Å². The van der Waals surface area contributed by atoms with Gasteiger partial charge >= 0.3 is 0 Å². The van der Waals surface area contributed by atoms with Gasteiger partial charge in [-0.3, -0.25) is 0 Å². The number of nitriles is 1. The number of halogens is 1. The first kappa shape index (κ1) is 13.4. The van der Waals surface area contributed by atoms with Crippen molar-refractivity contribution in [3.63, 3.8) is 0 Å². The second-order valence-corrected chi connectivity index (χ2v) is 5.22. The highest BCUT2D eigenvalue weighted by atomic mass is 19.1. The van der Waals surface area contributed by atoms with Crippen molar-refractivity contribution in [1.29, 1.82) is 5.26 Å². The Hall–Kier alpha value is -2.54. The molecule has 1 atom stereocenters. The Labute approximate surface area is 123 Å². The lowest BCUT2D eigenvalue weighted by molar-refractivity contribution is 0.626. The Morgan fingerprint density at radius 1 is 1.19 bits per heavy atom. The van der Waals surface area contributed by atoms with Gasteiger partial charge in [0.1, 0.15) is 5.82 Å². The lowest BCUT2D eigenvalue weighted by Gasteiger charge is -2.19. The molecule has 0 saturated carbocycles. The summed E-state index contributed by atoms with van der Waals surface area (Å²) in [6.45, 7) is 1.81. The smallest absolute Gasteiger partial charge is 0.147 e. The van der Waals surface area contributed by atoms with Crippen molar-refractivity contribution in [1.82, 2.24) is 0 Å². The normalized spacial score (nSPS) is 17.5. The summed E-state index contributed by atoms with van der Waals surface area (Å²) >= 11 is 0. The van der Waals surface area contributed by atoms with E-state index in [1.807, 2.05) is 24.3 Å². The highest BCUT2D eigenvalue weighted by Crippen LogP contribution is 2.23. The molecule has 1 heterocycles. The van der Waals surface area contributed by atoms with E-state index in [4.69, 9.17) is 5.26 Å². The third-order valence-electron chi connectivity index (χ3n) is 3.77. The minimum absolute atomic E-state index is 0.215. The van der Waals surface area contributed by atoms with Crippen molar-refractivity contribution < 1.29 is 4.39 Å². The van der Waals surface area contributed by atoms with Crippen molar-refractivity contribution in [3.05, 3.63) is 59.9 Å². The van der Waals surface area contributed by atoms with Crippen LogP contribution in [-0.2, 0) is 0 Å². The zero-order valence-electron chi connectivity index (χ0n) is 11.6. The molecule has 1 aliphatic heterocycles. The van der Waals surface area contributed by atoms with E-state index in [1.165, 1.54) is 11.8 Å². The summed E-state index contributed by atoms with van der Waals surface area (Å²) in [4.78, 5) is 2.29. The summed E-state index contributed by atoms with van der Waals surface area (Å²) in [7, 11) is 0. The van der Waals surface area contributed by atoms with Gasteiger partial charge in [0.05, 0.1) is 17.3 Å². The number of para-hydroxylation sites is 1. The Balaban J connectivity index is 1.66. The molecule has 0 bridgehead atoms. The molecule has 1 N–H and O–H groups in total. The summed E-state index contributed by atoms with van der Waals surface area (Å²) in [6, 6.07) is 16.9. The van der Waals surface area contributed by atoms with Crippen molar-refractivity contribution >= 4 is 11.4 Å². The standard InChI is InChI=1S/C17H16FN3/c18-16-10-13(11-19)6-7-17(16)20-14-8-9-21(12-14)15-4-2-1-3-5-15/h1-7,10,14,20H,8-9,12H2. The second kappa shape index (κ2) is 5.84. The van der Waals surface area contributed by atoms with Crippen LogP contribution in [0.2, 0.25) is 0 Å². The van der Waals surface area contributed by atoms with Crippen molar-refractivity contribution in [2.45, 2.75) is 12.5 Å². The highest BCUT2D eigenvalue weighted by molar-refractivity contribution is 5.52. The average Bonchev–Trinajstić information content (AvgIpc) is 2.99. The van der Waals surface area contributed by atoms with Crippen LogP contribution in [0, 0.1) is 17.1 Å². The van der Waals surface area contributed by atoms with Gasteiger partial charge < -0.3 is 10.2 Å². The van der Waals surface area contributed by atoms with E-state index in [2.05, 4.69) is 22.3 Å². The van der Waals surface area contributed by atoms with Crippen LogP contribution in [0.3, 0.4) is 0 Å². The molecule has 0 spiro atoms. The zero-order valence-corrected chi connectivity index (χ0v) is 11.6. The van der Waals surface area contributed by atoms with Gasteiger partial charge in [-0.05, 0) is 36.8 Å². The molecule has 4 heteroatoms. The van der Waals surface area contributed by atoms with Gasteiger partial charge in [0.25, 0.3) is 0 Å². The molecule has 21 heavy (non-hydrogen) atoms. The third kappa shape index (κ3) is 2.97. The van der Waals surface area contributed by atoms with Crippen LogP contribution >= 0.6 is 0 Å². The SMILES string of the molecule is N#Cc1ccc(NC2CCN(c3ccccc3)C2)c(F)c1. The largest absolute Gasteiger partial charge is 0.378 e. The van der Waals surface area contributed by atoms with E-state index in [-0.39, 0.29) is 11.9 Å². The fraction of sp³-hybridized carbons (Fsp3) is 0.235. The first-order valence-corrected chi connectivity index (χ1v) is 7.02. The number of benzene rings is 2. The van der Waals surface area contributed by atoms with E-state index in [9.17, 15) is 4.39 Å². The van der Waals surface area contributed by atoms with Gasteiger partial charge in [-0.15, -0.1) is 0 Å². The summed E-state index contributed by atoms with van der Waals surface area (Å²) in [5.74, 6) is -0.368. The Bertz CT molecular complexity index is 663. The first-order chi connectivity index (χ1) is 10.3. The maximum absolute atomic E-state index is 13.9. The van der Waals surface area contributed by atoms with E-state index >= 15 is 0 Å². The number of hydrogen-bond donors (Lipinski definition) is 1. The number of nitrogens with zero attached hydrogens (tertiary/aromatic N) is 2. The first-order valence-electron chi connectivity index (χ1n) is 7.02. The molecule has 2 aromatic rings. The summed E-state index contributed by atoms with van der Waals surface area (Å²) in [5, 5.41) is 12.0. The van der Waals surface area contributed by atoms with Crippen LogP contribution in [0.25, 0.3) is 0 Å². The topological polar surface area (TPSA) is 39.1 Å². The highest BCUT2D eigenvalue weighted by Gasteiger charge is 2.23. The molecule has 1 unspecified atom stereocenters. The molecule has 3 nitrogen and oxygen atoms in total. The van der Waals surface area contributed by atoms with Crippen LogP contribution < -0.4 is 10.2 Å². The molecule has 106 valence electrons. The number of nitrogens with one attached hydrogen (secondary N) is 1. The number of hydrogen-bond acceptors (Lipinski definition) is 3. The summed E-state index contributed by atoms with van der Waals surface area (Å²) in [5.41, 5.74) is 2.01. The van der Waals surface area contributed by atoms with E-state index in [0.29, 0.717) is 11.3 Å². The maximum atomic E-state index is 13.9. The van der Waals surface area contributed by atoms with Gasteiger partial charge in [0, 0.05) is 24.8 Å². The molecular weight excluding hydrogens is 265 g/mol. The molecule has 0 aliphatic carbocycles. The minimum Gasteiger partial charge on any atom is -0.378 e. The Kier molecular flexibility index (Phi) is 3.74. The predicted molar refractivity (Wildman–Crippen MR) is 81.8 cm³/mol. The Morgan fingerprint density at radius 2 is 2.00 bits per heavy atom. The van der Waals surface area contributed by atoms with Gasteiger partial charge in [-0.2, -0.15) is 5.26 Å². The average molecular weight is 281 g/mol. The summed E-state index contributed by atoms with van der Waals surface area (Å²) in [6.07, 6.45) is 0.967. The van der Waals surface area contributed by atoms with Gasteiger partial charge in [0.15, 0.2) is 0 Å². The monoisotopic (exact) mass is 281 g/mol. The van der Waals surface area contributed by atoms with Gasteiger partial charge in [-0.25, -0.2) is 4.39 Å². The predicted octanol–water partition coefficient (Wildman–Crippen LogP) is 3.39. The van der Waals surface area contributed by atoms with Crippen LogP contribution in [0.5, 0.6) is 0 Å². The molecule has 0 radical (unpaired) electrons. The van der Waals surface area contributed by atoms with E-state index in [0.717, 1.165) is 19.5 Å². The van der Waals surface area contributed by atoms with Crippen LogP contribution in [-0.4, -0.2) is 19.1 Å². The van der Waals surface area contributed by atoms with Crippen LogP contribution in [0.4, 0.5) is 15.8 Å². The molecule has 1 fully saturated rings. The zero-order chi connectivity index (χ0) is 14.7. The number of anilines is 2. The molecule has 0 aromatic heterocycles. The fourth-order valence-corrected chi connectivity index (χ4v) is 2.67. The van der Waals surface area contributed by atoms with Crippen molar-refractivity contribution in [2.24, 2.45) is 0 Å². The maximum Gasteiger partial charge on any atom is 0.147 e. The summed E-state index contributed by atoms with van der Waals surface area (Å²) < 4.78 is 13.9. The van der Waals surface area contributed by atoms with Crippen molar-refractivity contribution in [3.8, 4) is 6.07 Å². The van der Waals surface area contributed by atoms with E-state index < -0.39 is 0 Å². The van der Waals surface area contributed by atoms with Crippen LogP contribution in [0.1, 0.15) is 12.0 Å². The molecule has 1 saturated heterocycles. The van der Waals surface area contributed by atoms with Gasteiger partial charge in [-0.1, -0.05) is 18.2 Å². The molecular formula is C17H16FN3. The Morgan fingerprint density at radius 3 is 2.71 bits per heavy atom. The van der Waals surface area contributed by atoms with E-state index in [1.54, 1.807) is 12.1 Å². The van der Waals surface area contributed by atoms with Gasteiger partial charge in [0.2, 0.25) is 0 Å².